The van der Waals surface area contributed by atoms with Crippen LogP contribution in [0.4, 0.5) is 5.69 Å². The van der Waals surface area contributed by atoms with E-state index in [1.165, 1.54) is 16.9 Å². The lowest BCUT2D eigenvalue weighted by molar-refractivity contribution is 0.262. The van der Waals surface area contributed by atoms with Crippen LogP contribution in [0.15, 0.2) is 23.4 Å². The van der Waals surface area contributed by atoms with E-state index in [-0.39, 0.29) is 5.03 Å². The largest absolute Gasteiger partial charge is 0.321 e. The van der Waals surface area contributed by atoms with Gasteiger partial charge in [-0.2, -0.15) is 4.31 Å². The van der Waals surface area contributed by atoms with Gasteiger partial charge < -0.3 is 5.43 Å². The minimum atomic E-state index is -3.57. The summed E-state index contributed by atoms with van der Waals surface area (Å²) in [5, 5.41) is -0.0191. The lowest BCUT2D eigenvalue weighted by Crippen LogP contribution is -2.35. The van der Waals surface area contributed by atoms with E-state index in [1.54, 1.807) is 19.2 Å². The van der Waals surface area contributed by atoms with Gasteiger partial charge in [0.1, 0.15) is 0 Å². The normalized spacial score (nSPS) is 16.6. The number of hydrogen-bond acceptors (Lipinski definition) is 5. The number of pyridine rings is 1. The summed E-state index contributed by atoms with van der Waals surface area (Å²) < 4.78 is 26.1. The van der Waals surface area contributed by atoms with Crippen LogP contribution in [0.1, 0.15) is 19.3 Å². The van der Waals surface area contributed by atoms with Crippen LogP contribution in [0, 0.1) is 5.92 Å². The van der Waals surface area contributed by atoms with Gasteiger partial charge in [-0.15, -0.1) is 0 Å². The van der Waals surface area contributed by atoms with Gasteiger partial charge in [-0.25, -0.2) is 13.4 Å². The predicted molar refractivity (Wildman–Crippen MR) is 69.2 cm³/mol. The van der Waals surface area contributed by atoms with Gasteiger partial charge in [-0.1, -0.05) is 6.42 Å². The van der Waals surface area contributed by atoms with E-state index >= 15 is 0 Å². The summed E-state index contributed by atoms with van der Waals surface area (Å²) in [6, 6.07) is 3.23. The molecule has 0 bridgehead atoms. The van der Waals surface area contributed by atoms with Gasteiger partial charge in [0.05, 0.1) is 5.69 Å². The van der Waals surface area contributed by atoms with Crippen molar-refractivity contribution < 1.29 is 8.42 Å². The standard InChI is InChI=1S/C11H18N4O2S/c1-15(8-9-4-2-5-9)18(16,17)11-10(14-12)6-3-7-13-11/h3,6-7,9,14H,2,4-5,8,12H2,1H3. The summed E-state index contributed by atoms with van der Waals surface area (Å²) in [7, 11) is -1.99. The van der Waals surface area contributed by atoms with Crippen molar-refractivity contribution in [1.82, 2.24) is 9.29 Å². The smallest absolute Gasteiger partial charge is 0.262 e. The van der Waals surface area contributed by atoms with Gasteiger partial charge in [0.2, 0.25) is 0 Å². The zero-order valence-corrected chi connectivity index (χ0v) is 11.2. The van der Waals surface area contributed by atoms with E-state index in [2.05, 4.69) is 10.4 Å². The van der Waals surface area contributed by atoms with Gasteiger partial charge in [0, 0.05) is 19.8 Å². The molecule has 6 nitrogen and oxygen atoms in total. The molecule has 0 unspecified atom stereocenters. The zero-order chi connectivity index (χ0) is 13.2. The molecular formula is C11H18N4O2S. The molecule has 2 rings (SSSR count). The topological polar surface area (TPSA) is 88.3 Å². The Kier molecular flexibility index (Phi) is 3.84. The average Bonchev–Trinajstić information content (AvgIpc) is 2.33. The van der Waals surface area contributed by atoms with Crippen LogP contribution in [0.5, 0.6) is 0 Å². The third kappa shape index (κ3) is 2.47. The highest BCUT2D eigenvalue weighted by atomic mass is 32.2. The summed E-state index contributed by atoms with van der Waals surface area (Å²) >= 11 is 0. The number of nitrogens with two attached hydrogens (primary N) is 1. The van der Waals surface area contributed by atoms with E-state index in [1.807, 2.05) is 0 Å². The average molecular weight is 270 g/mol. The van der Waals surface area contributed by atoms with Crippen LogP contribution in [0.2, 0.25) is 0 Å². The maximum absolute atomic E-state index is 12.4. The molecule has 0 amide bonds. The highest BCUT2D eigenvalue weighted by molar-refractivity contribution is 7.89. The molecule has 1 saturated carbocycles. The van der Waals surface area contributed by atoms with E-state index in [0.29, 0.717) is 18.2 Å². The maximum atomic E-state index is 12.4. The first-order valence-electron chi connectivity index (χ1n) is 5.93. The molecule has 3 N–H and O–H groups in total. The van der Waals surface area contributed by atoms with Crippen molar-refractivity contribution in [3.8, 4) is 0 Å². The van der Waals surface area contributed by atoms with Gasteiger partial charge >= 0.3 is 0 Å². The fourth-order valence-electron chi connectivity index (χ4n) is 1.99. The Morgan fingerprint density at radius 3 is 2.83 bits per heavy atom. The second-order valence-corrected chi connectivity index (χ2v) is 6.54. The molecule has 0 aromatic carbocycles. The number of aromatic nitrogens is 1. The Bertz CT molecular complexity index is 514. The van der Waals surface area contributed by atoms with Crippen molar-refractivity contribution in [2.24, 2.45) is 11.8 Å². The number of sulfonamides is 1. The number of nitrogens with zero attached hydrogens (tertiary/aromatic N) is 2. The first-order valence-corrected chi connectivity index (χ1v) is 7.37. The summed E-state index contributed by atoms with van der Waals surface area (Å²) in [6.07, 6.45) is 4.84. The molecule has 1 aliphatic rings. The van der Waals surface area contributed by atoms with E-state index in [9.17, 15) is 8.42 Å². The van der Waals surface area contributed by atoms with Gasteiger partial charge in [0.15, 0.2) is 5.03 Å². The van der Waals surface area contributed by atoms with Crippen molar-refractivity contribution in [3.05, 3.63) is 18.3 Å². The molecule has 0 atom stereocenters. The third-order valence-electron chi connectivity index (χ3n) is 3.32. The van der Waals surface area contributed by atoms with Crippen molar-refractivity contribution in [2.75, 3.05) is 19.0 Å². The SMILES string of the molecule is CN(CC1CCC1)S(=O)(=O)c1ncccc1NN. The van der Waals surface area contributed by atoms with Crippen molar-refractivity contribution in [3.63, 3.8) is 0 Å². The summed E-state index contributed by atoms with van der Waals surface area (Å²) in [4.78, 5) is 3.92. The third-order valence-corrected chi connectivity index (χ3v) is 5.11. The van der Waals surface area contributed by atoms with E-state index < -0.39 is 10.0 Å². The molecule has 100 valence electrons. The molecule has 0 radical (unpaired) electrons. The Morgan fingerprint density at radius 2 is 2.28 bits per heavy atom. The molecule has 1 aromatic rings. The molecular weight excluding hydrogens is 252 g/mol. The fraction of sp³-hybridized carbons (Fsp3) is 0.545. The molecule has 1 aromatic heterocycles. The van der Waals surface area contributed by atoms with Crippen LogP contribution in [0.3, 0.4) is 0 Å². The minimum Gasteiger partial charge on any atom is -0.321 e. The quantitative estimate of drug-likeness (QED) is 0.610. The van der Waals surface area contributed by atoms with Crippen molar-refractivity contribution >= 4 is 15.7 Å². The molecule has 1 aliphatic carbocycles. The van der Waals surface area contributed by atoms with E-state index in [0.717, 1.165) is 12.8 Å². The Hall–Kier alpha value is -1.18. The first-order chi connectivity index (χ1) is 8.55. The fourth-order valence-corrected chi connectivity index (χ4v) is 3.29. The highest BCUT2D eigenvalue weighted by Crippen LogP contribution is 2.29. The molecule has 18 heavy (non-hydrogen) atoms. The second kappa shape index (κ2) is 5.21. The van der Waals surface area contributed by atoms with E-state index in [4.69, 9.17) is 5.84 Å². The Morgan fingerprint density at radius 1 is 1.56 bits per heavy atom. The summed E-state index contributed by atoms with van der Waals surface area (Å²) in [5.41, 5.74) is 2.69. The summed E-state index contributed by atoms with van der Waals surface area (Å²) in [5.74, 6) is 5.79. The van der Waals surface area contributed by atoms with Gasteiger partial charge in [-0.3, -0.25) is 5.84 Å². The lowest BCUT2D eigenvalue weighted by Gasteiger charge is -2.29. The Labute approximate surface area is 107 Å². The number of hydrazine groups is 1. The zero-order valence-electron chi connectivity index (χ0n) is 10.3. The molecule has 0 aliphatic heterocycles. The predicted octanol–water partition coefficient (Wildman–Crippen LogP) is 0.788. The van der Waals surface area contributed by atoms with Crippen LogP contribution >= 0.6 is 0 Å². The van der Waals surface area contributed by atoms with Crippen LogP contribution in [-0.4, -0.2) is 31.3 Å². The number of rotatable bonds is 5. The van der Waals surface area contributed by atoms with Crippen molar-refractivity contribution in [2.45, 2.75) is 24.3 Å². The van der Waals surface area contributed by atoms with Crippen LogP contribution in [-0.2, 0) is 10.0 Å². The number of anilines is 1. The monoisotopic (exact) mass is 270 g/mol. The highest BCUT2D eigenvalue weighted by Gasteiger charge is 2.29. The lowest BCUT2D eigenvalue weighted by atomic mass is 9.86. The number of nitrogens with one attached hydrogen (secondary N) is 1. The van der Waals surface area contributed by atoms with Gasteiger partial charge in [0.25, 0.3) is 10.0 Å². The van der Waals surface area contributed by atoms with Crippen LogP contribution < -0.4 is 11.3 Å². The first kappa shape index (κ1) is 13.3. The summed E-state index contributed by atoms with van der Waals surface area (Å²) in [6.45, 7) is 0.545. The molecule has 0 spiro atoms. The number of nitrogen functional groups attached to an aromatic ring is 1. The van der Waals surface area contributed by atoms with Crippen molar-refractivity contribution in [1.29, 1.82) is 0 Å². The molecule has 1 heterocycles. The molecule has 0 saturated heterocycles. The second-order valence-electron chi connectivity index (χ2n) is 4.58. The van der Waals surface area contributed by atoms with Gasteiger partial charge in [-0.05, 0) is 30.9 Å². The minimum absolute atomic E-state index is 0.0191. The van der Waals surface area contributed by atoms with Crippen LogP contribution in [0.25, 0.3) is 0 Å². The molecule has 1 fully saturated rings. The maximum Gasteiger partial charge on any atom is 0.262 e. The molecule has 7 heteroatoms. The Balaban J connectivity index is 2.23. The number of hydrogen-bond donors (Lipinski definition) is 2.